The van der Waals surface area contributed by atoms with Crippen molar-refractivity contribution in [3.05, 3.63) is 29.8 Å². The number of aliphatic hydroxyl groups excluding tert-OH is 1. The first kappa shape index (κ1) is 13.4. The summed E-state index contributed by atoms with van der Waals surface area (Å²) >= 11 is 0. The average Bonchev–Trinajstić information content (AvgIpc) is 2.52. The predicted molar refractivity (Wildman–Crippen MR) is 72.8 cm³/mol. The van der Waals surface area contributed by atoms with Crippen molar-refractivity contribution in [2.24, 2.45) is 0 Å². The third-order valence-electron chi connectivity index (χ3n) is 4.07. The summed E-state index contributed by atoms with van der Waals surface area (Å²) in [6.07, 6.45) is 4.24. The summed E-state index contributed by atoms with van der Waals surface area (Å²) in [5, 5.41) is 19.1. The van der Waals surface area contributed by atoms with E-state index in [-0.39, 0.29) is 12.0 Å². The SMILES string of the molecule is CN1CCCC[C@@](CCO)(c2cccc(O)c2)C1. The molecule has 0 amide bonds. The van der Waals surface area contributed by atoms with Crippen LogP contribution in [0.1, 0.15) is 31.2 Å². The number of likely N-dealkylation sites (N-methyl/N-ethyl adjacent to an activating group) is 1. The van der Waals surface area contributed by atoms with E-state index in [1.54, 1.807) is 6.07 Å². The molecule has 1 atom stereocenters. The molecular weight excluding hydrogens is 226 g/mol. The Hall–Kier alpha value is -1.06. The maximum absolute atomic E-state index is 9.69. The van der Waals surface area contributed by atoms with Crippen molar-refractivity contribution in [1.29, 1.82) is 0 Å². The molecule has 1 aliphatic heterocycles. The fraction of sp³-hybridized carbons (Fsp3) is 0.600. The second-order valence-corrected chi connectivity index (χ2v) is 5.50. The second-order valence-electron chi connectivity index (χ2n) is 5.50. The van der Waals surface area contributed by atoms with E-state index in [9.17, 15) is 10.2 Å². The van der Waals surface area contributed by atoms with Gasteiger partial charge in [-0.3, -0.25) is 0 Å². The van der Waals surface area contributed by atoms with Gasteiger partial charge in [0.05, 0.1) is 0 Å². The zero-order valence-electron chi connectivity index (χ0n) is 11.1. The highest BCUT2D eigenvalue weighted by atomic mass is 16.3. The van der Waals surface area contributed by atoms with Gasteiger partial charge in [0.15, 0.2) is 0 Å². The molecule has 1 aliphatic rings. The minimum Gasteiger partial charge on any atom is -0.508 e. The number of hydrogen-bond acceptors (Lipinski definition) is 3. The first-order valence-corrected chi connectivity index (χ1v) is 6.75. The number of aromatic hydroxyl groups is 1. The van der Waals surface area contributed by atoms with Crippen molar-refractivity contribution >= 4 is 0 Å². The fourth-order valence-electron chi connectivity index (χ4n) is 3.15. The summed E-state index contributed by atoms with van der Waals surface area (Å²) in [5.41, 5.74) is 1.14. The zero-order valence-corrected chi connectivity index (χ0v) is 11.1. The molecule has 0 spiro atoms. The molecule has 0 saturated carbocycles. The Labute approximate surface area is 109 Å². The highest BCUT2D eigenvalue weighted by Gasteiger charge is 2.34. The molecule has 3 nitrogen and oxygen atoms in total. The quantitative estimate of drug-likeness (QED) is 0.862. The van der Waals surface area contributed by atoms with E-state index in [0.29, 0.717) is 5.75 Å². The van der Waals surface area contributed by atoms with Gasteiger partial charge in [-0.05, 0) is 50.6 Å². The number of hydrogen-bond donors (Lipinski definition) is 2. The Morgan fingerprint density at radius 3 is 2.89 bits per heavy atom. The molecule has 0 radical (unpaired) electrons. The highest BCUT2D eigenvalue weighted by molar-refractivity contribution is 5.33. The van der Waals surface area contributed by atoms with Crippen molar-refractivity contribution in [3.63, 3.8) is 0 Å². The lowest BCUT2D eigenvalue weighted by molar-refractivity contribution is 0.194. The highest BCUT2D eigenvalue weighted by Crippen LogP contribution is 2.37. The third kappa shape index (κ3) is 2.85. The van der Waals surface area contributed by atoms with E-state index in [4.69, 9.17) is 0 Å². The molecule has 0 aliphatic carbocycles. The maximum atomic E-state index is 9.69. The van der Waals surface area contributed by atoms with Gasteiger partial charge in [-0.1, -0.05) is 18.6 Å². The van der Waals surface area contributed by atoms with Crippen LogP contribution in [0.25, 0.3) is 0 Å². The van der Waals surface area contributed by atoms with Crippen molar-refractivity contribution in [1.82, 2.24) is 4.90 Å². The average molecular weight is 249 g/mol. The predicted octanol–water partition coefficient (Wildman–Crippen LogP) is 2.13. The van der Waals surface area contributed by atoms with Crippen LogP contribution in [-0.2, 0) is 5.41 Å². The van der Waals surface area contributed by atoms with Crippen molar-refractivity contribution in [2.75, 3.05) is 26.7 Å². The first-order chi connectivity index (χ1) is 8.66. The molecule has 1 fully saturated rings. The smallest absolute Gasteiger partial charge is 0.115 e. The molecule has 0 aromatic heterocycles. The summed E-state index contributed by atoms with van der Waals surface area (Å²) in [6.45, 7) is 2.27. The Morgan fingerprint density at radius 1 is 1.33 bits per heavy atom. The minimum atomic E-state index is -0.0151. The first-order valence-electron chi connectivity index (χ1n) is 6.75. The van der Waals surface area contributed by atoms with Gasteiger partial charge in [-0.2, -0.15) is 0 Å². The minimum absolute atomic E-state index is 0.0151. The van der Waals surface area contributed by atoms with Crippen LogP contribution in [0.3, 0.4) is 0 Å². The topological polar surface area (TPSA) is 43.7 Å². The molecular formula is C15H23NO2. The maximum Gasteiger partial charge on any atom is 0.115 e. The van der Waals surface area contributed by atoms with Crippen LogP contribution in [0, 0.1) is 0 Å². The van der Waals surface area contributed by atoms with Gasteiger partial charge in [0.1, 0.15) is 5.75 Å². The number of phenols is 1. The monoisotopic (exact) mass is 249 g/mol. The van der Waals surface area contributed by atoms with Gasteiger partial charge in [-0.25, -0.2) is 0 Å². The Kier molecular flexibility index (Phi) is 4.25. The van der Waals surface area contributed by atoms with Crippen molar-refractivity contribution in [2.45, 2.75) is 31.1 Å². The Bertz CT molecular complexity index is 394. The number of likely N-dealkylation sites (tertiary alicyclic amines) is 1. The van der Waals surface area contributed by atoms with Crippen molar-refractivity contribution < 1.29 is 10.2 Å². The Balaban J connectivity index is 2.35. The van der Waals surface area contributed by atoms with Gasteiger partial charge >= 0.3 is 0 Å². The molecule has 1 aromatic carbocycles. The van der Waals surface area contributed by atoms with Crippen LogP contribution in [0.4, 0.5) is 0 Å². The van der Waals surface area contributed by atoms with Crippen LogP contribution in [0.5, 0.6) is 5.75 Å². The largest absolute Gasteiger partial charge is 0.508 e. The lowest BCUT2D eigenvalue weighted by Gasteiger charge is -2.35. The summed E-state index contributed by atoms with van der Waals surface area (Å²) < 4.78 is 0. The molecule has 1 aromatic rings. The molecule has 0 bridgehead atoms. The number of phenolic OH excluding ortho intramolecular Hbond substituents is 1. The molecule has 1 saturated heterocycles. The van der Waals surface area contributed by atoms with Crippen LogP contribution in [0.2, 0.25) is 0 Å². The van der Waals surface area contributed by atoms with Gasteiger partial charge in [0.2, 0.25) is 0 Å². The lowest BCUT2D eigenvalue weighted by atomic mass is 9.74. The molecule has 0 unspecified atom stereocenters. The van der Waals surface area contributed by atoms with E-state index < -0.39 is 0 Å². The van der Waals surface area contributed by atoms with E-state index in [2.05, 4.69) is 18.0 Å². The van der Waals surface area contributed by atoms with E-state index in [0.717, 1.165) is 31.5 Å². The second kappa shape index (κ2) is 5.72. The molecule has 2 N–H and O–H groups in total. The summed E-state index contributed by atoms with van der Waals surface area (Å²) in [7, 11) is 2.14. The molecule has 2 rings (SSSR count). The molecule has 3 heteroatoms. The zero-order chi connectivity index (χ0) is 13.0. The summed E-state index contributed by atoms with van der Waals surface area (Å²) in [5.74, 6) is 0.316. The normalized spacial score (nSPS) is 25.9. The number of benzene rings is 1. The molecule has 100 valence electrons. The van der Waals surface area contributed by atoms with Crippen molar-refractivity contribution in [3.8, 4) is 5.75 Å². The van der Waals surface area contributed by atoms with Crippen LogP contribution in [0.15, 0.2) is 24.3 Å². The summed E-state index contributed by atoms with van der Waals surface area (Å²) in [4.78, 5) is 2.34. The standard InChI is InChI=1S/C15H23NO2/c1-16-9-3-2-7-15(12-16,8-10-17)13-5-4-6-14(18)11-13/h4-6,11,17-18H,2-3,7-10,12H2,1H3/t15-/m0/s1. The van der Waals surface area contributed by atoms with E-state index >= 15 is 0 Å². The molecule has 1 heterocycles. The van der Waals surface area contributed by atoms with Gasteiger partial charge < -0.3 is 15.1 Å². The number of rotatable bonds is 3. The Morgan fingerprint density at radius 2 is 2.17 bits per heavy atom. The number of aliphatic hydroxyl groups is 1. The van der Waals surface area contributed by atoms with Crippen LogP contribution < -0.4 is 0 Å². The fourth-order valence-corrected chi connectivity index (χ4v) is 3.15. The number of nitrogens with zero attached hydrogens (tertiary/aromatic N) is 1. The molecule has 18 heavy (non-hydrogen) atoms. The van der Waals surface area contributed by atoms with Crippen LogP contribution in [-0.4, -0.2) is 41.9 Å². The third-order valence-corrected chi connectivity index (χ3v) is 4.07. The lowest BCUT2D eigenvalue weighted by Crippen LogP contribution is -2.38. The van der Waals surface area contributed by atoms with E-state index in [1.165, 1.54) is 12.8 Å². The van der Waals surface area contributed by atoms with Gasteiger partial charge in [0.25, 0.3) is 0 Å². The van der Waals surface area contributed by atoms with E-state index in [1.807, 2.05) is 12.1 Å². The summed E-state index contributed by atoms with van der Waals surface area (Å²) in [6, 6.07) is 7.54. The van der Waals surface area contributed by atoms with Crippen LogP contribution >= 0.6 is 0 Å². The van der Waals surface area contributed by atoms with Gasteiger partial charge in [-0.15, -0.1) is 0 Å². The van der Waals surface area contributed by atoms with Gasteiger partial charge in [0, 0.05) is 18.6 Å².